The van der Waals surface area contributed by atoms with Gasteiger partial charge in [-0.25, -0.2) is 0 Å². The quantitative estimate of drug-likeness (QED) is 0.859. The first-order chi connectivity index (χ1) is 9.30. The lowest BCUT2D eigenvalue weighted by molar-refractivity contribution is 0.114. The molecule has 1 aliphatic carbocycles. The highest BCUT2D eigenvalue weighted by Gasteiger charge is 2.27. The zero-order valence-electron chi connectivity index (χ0n) is 12.4. The lowest BCUT2D eigenvalue weighted by Gasteiger charge is -2.38. The molecule has 1 aromatic rings. The van der Waals surface area contributed by atoms with Crippen LogP contribution < -0.4 is 5.73 Å². The van der Waals surface area contributed by atoms with E-state index in [1.54, 1.807) is 0 Å². The molecule has 1 saturated carbocycles. The van der Waals surface area contributed by atoms with Gasteiger partial charge in [-0.15, -0.1) is 0 Å². The predicted molar refractivity (Wildman–Crippen MR) is 78.9 cm³/mol. The van der Waals surface area contributed by atoms with Gasteiger partial charge in [-0.05, 0) is 26.3 Å². The van der Waals surface area contributed by atoms with E-state index in [4.69, 9.17) is 5.73 Å². The first-order valence-corrected chi connectivity index (χ1v) is 7.78. The molecule has 0 aliphatic heterocycles. The molecule has 4 nitrogen and oxygen atoms in total. The molecule has 1 heterocycles. The van der Waals surface area contributed by atoms with Crippen LogP contribution in [0.1, 0.15) is 57.6 Å². The van der Waals surface area contributed by atoms with Gasteiger partial charge in [0, 0.05) is 30.9 Å². The minimum Gasteiger partial charge on any atom is -0.329 e. The number of aromatic nitrogens is 2. The van der Waals surface area contributed by atoms with E-state index < -0.39 is 0 Å². The highest BCUT2D eigenvalue weighted by Crippen LogP contribution is 2.29. The molecule has 2 N–H and O–H groups in total. The molecule has 1 aliphatic rings. The van der Waals surface area contributed by atoms with Crippen LogP contribution in [0.15, 0.2) is 12.4 Å². The van der Waals surface area contributed by atoms with E-state index in [2.05, 4.69) is 30.0 Å². The van der Waals surface area contributed by atoms with Crippen LogP contribution in [0.25, 0.3) is 0 Å². The summed E-state index contributed by atoms with van der Waals surface area (Å²) >= 11 is 0. The lowest BCUT2D eigenvalue weighted by atomic mass is 9.92. The minimum atomic E-state index is 0.327. The van der Waals surface area contributed by atoms with Crippen molar-refractivity contribution < 1.29 is 0 Å². The van der Waals surface area contributed by atoms with Crippen LogP contribution in [0.2, 0.25) is 0 Å². The van der Waals surface area contributed by atoms with E-state index in [-0.39, 0.29) is 0 Å². The maximum absolute atomic E-state index is 6.06. The number of nitrogens with zero attached hydrogens (tertiary/aromatic N) is 3. The molecule has 0 radical (unpaired) electrons. The molecule has 1 aromatic heterocycles. The predicted octanol–water partition coefficient (Wildman–Crippen LogP) is 2.56. The van der Waals surface area contributed by atoms with Gasteiger partial charge in [0.1, 0.15) is 0 Å². The summed E-state index contributed by atoms with van der Waals surface area (Å²) in [5.41, 5.74) is 7.33. The number of hydrogen-bond donors (Lipinski definition) is 1. The summed E-state index contributed by atoms with van der Waals surface area (Å²) < 4.78 is 1.99. The van der Waals surface area contributed by atoms with Crippen LogP contribution >= 0.6 is 0 Å². The summed E-state index contributed by atoms with van der Waals surface area (Å²) in [6, 6.07) is 1.03. The summed E-state index contributed by atoms with van der Waals surface area (Å²) in [5.74, 6) is 0. The first kappa shape index (κ1) is 14.5. The Bertz CT molecular complexity index is 368. The van der Waals surface area contributed by atoms with Gasteiger partial charge in [0.15, 0.2) is 0 Å². The Morgan fingerprint density at radius 3 is 2.63 bits per heavy atom. The van der Waals surface area contributed by atoms with E-state index >= 15 is 0 Å². The van der Waals surface area contributed by atoms with Gasteiger partial charge < -0.3 is 5.73 Å². The van der Waals surface area contributed by atoms with Crippen molar-refractivity contribution in [1.29, 1.82) is 0 Å². The SMILES string of the molecule is CCN(C1CCCCC1)C(CN)c1cnn(CC)c1. The number of nitrogens with two attached hydrogens (primary N) is 1. The maximum atomic E-state index is 6.06. The third kappa shape index (κ3) is 3.37. The van der Waals surface area contributed by atoms with E-state index in [1.165, 1.54) is 37.7 Å². The van der Waals surface area contributed by atoms with Crippen molar-refractivity contribution >= 4 is 0 Å². The van der Waals surface area contributed by atoms with Gasteiger partial charge in [-0.3, -0.25) is 9.58 Å². The summed E-state index contributed by atoms with van der Waals surface area (Å²) in [6.07, 6.45) is 10.9. The number of rotatable bonds is 6. The normalized spacial score (nSPS) is 18.9. The smallest absolute Gasteiger partial charge is 0.0538 e. The van der Waals surface area contributed by atoms with E-state index in [9.17, 15) is 0 Å². The molecule has 2 rings (SSSR count). The fraction of sp³-hybridized carbons (Fsp3) is 0.800. The van der Waals surface area contributed by atoms with Crippen LogP contribution in [-0.4, -0.2) is 33.8 Å². The Morgan fingerprint density at radius 2 is 2.11 bits per heavy atom. The first-order valence-electron chi connectivity index (χ1n) is 7.78. The number of likely N-dealkylation sites (N-methyl/N-ethyl adjacent to an activating group) is 1. The van der Waals surface area contributed by atoms with Crippen LogP contribution in [-0.2, 0) is 6.54 Å². The molecule has 0 saturated heterocycles. The van der Waals surface area contributed by atoms with Gasteiger partial charge in [0.05, 0.1) is 12.2 Å². The van der Waals surface area contributed by atoms with Crippen LogP contribution in [0.4, 0.5) is 0 Å². The fourth-order valence-corrected chi connectivity index (χ4v) is 3.33. The highest BCUT2D eigenvalue weighted by atomic mass is 15.3. The molecule has 4 heteroatoms. The van der Waals surface area contributed by atoms with Crippen LogP contribution in [0.5, 0.6) is 0 Å². The third-order valence-corrected chi connectivity index (χ3v) is 4.39. The fourth-order valence-electron chi connectivity index (χ4n) is 3.33. The average molecular weight is 264 g/mol. The molecule has 0 aromatic carbocycles. The van der Waals surface area contributed by atoms with Crippen molar-refractivity contribution in [1.82, 2.24) is 14.7 Å². The van der Waals surface area contributed by atoms with Gasteiger partial charge >= 0.3 is 0 Å². The van der Waals surface area contributed by atoms with Gasteiger partial charge in [0.2, 0.25) is 0 Å². The second kappa shape index (κ2) is 7.06. The molecule has 1 unspecified atom stereocenters. The van der Waals surface area contributed by atoms with Crippen LogP contribution in [0, 0.1) is 0 Å². The largest absolute Gasteiger partial charge is 0.329 e. The molecule has 1 fully saturated rings. The Hall–Kier alpha value is -0.870. The molecule has 19 heavy (non-hydrogen) atoms. The van der Waals surface area contributed by atoms with Crippen molar-refractivity contribution in [2.45, 2.75) is 64.6 Å². The molecular formula is C15H28N4. The zero-order valence-corrected chi connectivity index (χ0v) is 12.4. The monoisotopic (exact) mass is 264 g/mol. The standard InChI is InChI=1S/C15H28N4/c1-3-18-12-13(11-17-18)15(10-16)19(4-2)14-8-6-5-7-9-14/h11-12,14-15H,3-10,16H2,1-2H3. The lowest BCUT2D eigenvalue weighted by Crippen LogP contribution is -2.42. The summed E-state index contributed by atoms with van der Waals surface area (Å²) in [7, 11) is 0. The molecular weight excluding hydrogens is 236 g/mol. The maximum Gasteiger partial charge on any atom is 0.0538 e. The highest BCUT2D eigenvalue weighted by molar-refractivity contribution is 5.12. The van der Waals surface area contributed by atoms with Crippen molar-refractivity contribution in [2.75, 3.05) is 13.1 Å². The Morgan fingerprint density at radius 1 is 1.37 bits per heavy atom. The van der Waals surface area contributed by atoms with Gasteiger partial charge in [-0.2, -0.15) is 5.10 Å². The summed E-state index contributed by atoms with van der Waals surface area (Å²) in [6.45, 7) is 7.05. The Kier molecular flexibility index (Phi) is 5.40. The van der Waals surface area contributed by atoms with E-state index in [0.29, 0.717) is 18.6 Å². The van der Waals surface area contributed by atoms with Crippen LogP contribution in [0.3, 0.4) is 0 Å². The average Bonchev–Trinajstić information content (AvgIpc) is 2.94. The summed E-state index contributed by atoms with van der Waals surface area (Å²) in [4.78, 5) is 2.59. The minimum absolute atomic E-state index is 0.327. The Labute approximate surface area is 117 Å². The molecule has 0 bridgehead atoms. The zero-order chi connectivity index (χ0) is 13.7. The second-order valence-electron chi connectivity index (χ2n) is 5.50. The van der Waals surface area contributed by atoms with Crippen molar-refractivity contribution in [2.24, 2.45) is 5.73 Å². The second-order valence-corrected chi connectivity index (χ2v) is 5.50. The number of hydrogen-bond acceptors (Lipinski definition) is 3. The molecule has 1 atom stereocenters. The molecule has 0 amide bonds. The van der Waals surface area contributed by atoms with E-state index in [1.807, 2.05) is 10.9 Å². The Balaban J connectivity index is 2.12. The van der Waals surface area contributed by atoms with Crippen molar-refractivity contribution in [3.63, 3.8) is 0 Å². The van der Waals surface area contributed by atoms with E-state index in [0.717, 1.165) is 13.1 Å². The van der Waals surface area contributed by atoms with Crippen molar-refractivity contribution in [3.05, 3.63) is 18.0 Å². The topological polar surface area (TPSA) is 47.1 Å². The van der Waals surface area contributed by atoms with Gasteiger partial charge in [0.25, 0.3) is 0 Å². The molecule has 108 valence electrons. The third-order valence-electron chi connectivity index (χ3n) is 4.39. The number of aryl methyl sites for hydroxylation is 1. The molecule has 0 spiro atoms. The van der Waals surface area contributed by atoms with Gasteiger partial charge in [-0.1, -0.05) is 26.2 Å². The summed E-state index contributed by atoms with van der Waals surface area (Å²) in [5, 5.41) is 4.40. The van der Waals surface area contributed by atoms with Crippen molar-refractivity contribution in [3.8, 4) is 0 Å².